The predicted octanol–water partition coefficient (Wildman–Crippen LogP) is 3.24. The van der Waals surface area contributed by atoms with Crippen LogP contribution >= 0.6 is 28.3 Å². The van der Waals surface area contributed by atoms with Crippen molar-refractivity contribution in [3.8, 4) is 11.5 Å². The minimum absolute atomic E-state index is 0. The topological polar surface area (TPSA) is 33.7 Å². The Bertz CT molecular complexity index is 499. The Labute approximate surface area is 147 Å². The van der Waals surface area contributed by atoms with Gasteiger partial charge in [-0.2, -0.15) is 0 Å². The second kappa shape index (κ2) is 9.40. The number of halogens is 2. The van der Waals surface area contributed by atoms with Crippen molar-refractivity contribution in [1.82, 2.24) is 10.2 Å². The molecule has 1 saturated heterocycles. The van der Waals surface area contributed by atoms with E-state index < -0.39 is 0 Å². The fraction of sp³-hybridized carbons (Fsp3) is 0.500. The van der Waals surface area contributed by atoms with Gasteiger partial charge in [-0.15, -0.1) is 12.4 Å². The SMILES string of the molecule is C=CCOc1c(Br)cc(CN2CCNC(C)C2)cc1OC.Cl. The molecule has 1 atom stereocenters. The Hall–Kier alpha value is -0.750. The molecule has 4 nitrogen and oxygen atoms in total. The number of hydrogen-bond acceptors (Lipinski definition) is 4. The maximum atomic E-state index is 5.66. The molecule has 1 aliphatic rings. The van der Waals surface area contributed by atoms with Crippen LogP contribution in [0.1, 0.15) is 12.5 Å². The maximum Gasteiger partial charge on any atom is 0.175 e. The van der Waals surface area contributed by atoms with Gasteiger partial charge in [0.05, 0.1) is 11.6 Å². The number of nitrogens with zero attached hydrogens (tertiary/aromatic N) is 1. The second-order valence-corrected chi connectivity index (χ2v) is 6.15. The first-order valence-corrected chi connectivity index (χ1v) is 7.99. The highest BCUT2D eigenvalue weighted by atomic mass is 79.9. The molecule has 0 radical (unpaired) electrons. The summed E-state index contributed by atoms with van der Waals surface area (Å²) in [5.74, 6) is 1.49. The number of ether oxygens (including phenoxy) is 2. The molecule has 0 spiro atoms. The molecule has 0 saturated carbocycles. The number of nitrogens with one attached hydrogen (secondary N) is 1. The van der Waals surface area contributed by atoms with Crippen LogP contribution in [0.5, 0.6) is 11.5 Å². The van der Waals surface area contributed by atoms with Crippen LogP contribution in [0.15, 0.2) is 29.3 Å². The molecule has 0 bridgehead atoms. The Morgan fingerprint density at radius 2 is 2.27 bits per heavy atom. The van der Waals surface area contributed by atoms with E-state index in [1.165, 1.54) is 5.56 Å². The van der Waals surface area contributed by atoms with Crippen LogP contribution in [0.2, 0.25) is 0 Å². The van der Waals surface area contributed by atoms with Gasteiger partial charge in [-0.3, -0.25) is 4.90 Å². The lowest BCUT2D eigenvalue weighted by Crippen LogP contribution is -2.48. The summed E-state index contributed by atoms with van der Waals surface area (Å²) in [6.07, 6.45) is 1.72. The Balaban J connectivity index is 0.00000242. The van der Waals surface area contributed by atoms with E-state index in [0.29, 0.717) is 12.6 Å². The van der Waals surface area contributed by atoms with Crippen LogP contribution in [-0.2, 0) is 6.54 Å². The first-order chi connectivity index (χ1) is 10.1. The lowest BCUT2D eigenvalue weighted by molar-refractivity contribution is 0.199. The minimum atomic E-state index is 0. The summed E-state index contributed by atoms with van der Waals surface area (Å²) in [5, 5.41) is 3.46. The van der Waals surface area contributed by atoms with E-state index in [0.717, 1.165) is 42.2 Å². The number of piperazine rings is 1. The van der Waals surface area contributed by atoms with Crippen LogP contribution in [0.4, 0.5) is 0 Å². The fourth-order valence-electron chi connectivity index (χ4n) is 2.56. The van der Waals surface area contributed by atoms with Gasteiger partial charge in [0.25, 0.3) is 0 Å². The van der Waals surface area contributed by atoms with Crippen LogP contribution in [0.25, 0.3) is 0 Å². The number of benzene rings is 1. The Kier molecular flexibility index (Phi) is 8.25. The summed E-state index contributed by atoms with van der Waals surface area (Å²) in [6, 6.07) is 4.70. The molecule has 22 heavy (non-hydrogen) atoms. The van der Waals surface area contributed by atoms with Gasteiger partial charge in [0, 0.05) is 32.2 Å². The zero-order valence-electron chi connectivity index (χ0n) is 13.1. The van der Waals surface area contributed by atoms with E-state index in [2.05, 4.69) is 51.8 Å². The Morgan fingerprint density at radius 3 is 2.91 bits per heavy atom. The van der Waals surface area contributed by atoms with Gasteiger partial charge >= 0.3 is 0 Å². The van der Waals surface area contributed by atoms with E-state index in [4.69, 9.17) is 9.47 Å². The van der Waals surface area contributed by atoms with Crippen LogP contribution < -0.4 is 14.8 Å². The number of rotatable bonds is 6. The van der Waals surface area contributed by atoms with Crippen molar-refractivity contribution >= 4 is 28.3 Å². The third-order valence-corrected chi connectivity index (χ3v) is 4.08. The molecule has 0 aromatic heterocycles. The maximum absolute atomic E-state index is 5.66. The smallest absolute Gasteiger partial charge is 0.175 e. The predicted molar refractivity (Wildman–Crippen MR) is 96.4 cm³/mol. The zero-order valence-corrected chi connectivity index (χ0v) is 15.5. The van der Waals surface area contributed by atoms with Gasteiger partial charge in [0.2, 0.25) is 0 Å². The van der Waals surface area contributed by atoms with Crippen molar-refractivity contribution in [1.29, 1.82) is 0 Å². The second-order valence-electron chi connectivity index (χ2n) is 5.30. The monoisotopic (exact) mass is 390 g/mol. The third kappa shape index (κ3) is 5.16. The largest absolute Gasteiger partial charge is 0.493 e. The number of methoxy groups -OCH3 is 1. The van der Waals surface area contributed by atoms with E-state index >= 15 is 0 Å². The van der Waals surface area contributed by atoms with E-state index in [9.17, 15) is 0 Å². The van der Waals surface area contributed by atoms with Crippen LogP contribution in [0, 0.1) is 0 Å². The average molecular weight is 392 g/mol. The van der Waals surface area contributed by atoms with Crippen molar-refractivity contribution in [3.05, 3.63) is 34.8 Å². The lowest BCUT2D eigenvalue weighted by Gasteiger charge is -2.32. The van der Waals surface area contributed by atoms with Gasteiger partial charge in [-0.25, -0.2) is 0 Å². The highest BCUT2D eigenvalue weighted by Crippen LogP contribution is 2.37. The fourth-order valence-corrected chi connectivity index (χ4v) is 3.16. The van der Waals surface area contributed by atoms with Crippen LogP contribution in [-0.4, -0.2) is 44.3 Å². The summed E-state index contributed by atoms with van der Waals surface area (Å²) in [4.78, 5) is 2.45. The van der Waals surface area contributed by atoms with Crippen molar-refractivity contribution in [3.63, 3.8) is 0 Å². The number of hydrogen-bond donors (Lipinski definition) is 1. The molecule has 2 rings (SSSR count). The van der Waals surface area contributed by atoms with Gasteiger partial charge in [-0.1, -0.05) is 12.7 Å². The third-order valence-electron chi connectivity index (χ3n) is 3.49. The molecule has 1 aliphatic heterocycles. The summed E-state index contributed by atoms with van der Waals surface area (Å²) >= 11 is 3.58. The van der Waals surface area contributed by atoms with Crippen molar-refractivity contribution in [2.75, 3.05) is 33.4 Å². The van der Waals surface area contributed by atoms with Crippen LogP contribution in [0.3, 0.4) is 0 Å². The molecule has 0 aliphatic carbocycles. The van der Waals surface area contributed by atoms with Gasteiger partial charge in [-0.05, 0) is 40.5 Å². The molecular weight excluding hydrogens is 368 g/mol. The molecule has 1 heterocycles. The first-order valence-electron chi connectivity index (χ1n) is 7.20. The molecule has 1 aromatic carbocycles. The molecule has 1 N–H and O–H groups in total. The molecule has 0 amide bonds. The Morgan fingerprint density at radius 1 is 1.50 bits per heavy atom. The van der Waals surface area contributed by atoms with Crippen molar-refractivity contribution in [2.24, 2.45) is 0 Å². The van der Waals surface area contributed by atoms with Gasteiger partial charge in [0.1, 0.15) is 6.61 Å². The highest BCUT2D eigenvalue weighted by molar-refractivity contribution is 9.10. The molecular formula is C16H24BrClN2O2. The van der Waals surface area contributed by atoms with Gasteiger partial charge in [0.15, 0.2) is 11.5 Å². The molecule has 1 aromatic rings. The standard InChI is InChI=1S/C16H23BrN2O2.ClH/c1-4-7-21-16-14(17)8-13(9-15(16)20-3)11-19-6-5-18-12(2)10-19;/h4,8-9,12,18H,1,5-7,10-11H2,2-3H3;1H. The van der Waals surface area contributed by atoms with E-state index in [1.807, 2.05) is 0 Å². The molecule has 124 valence electrons. The first kappa shape index (κ1) is 19.3. The van der Waals surface area contributed by atoms with E-state index in [1.54, 1.807) is 13.2 Å². The summed E-state index contributed by atoms with van der Waals surface area (Å²) in [5.41, 5.74) is 1.22. The van der Waals surface area contributed by atoms with E-state index in [-0.39, 0.29) is 12.4 Å². The van der Waals surface area contributed by atoms with Crippen molar-refractivity contribution < 1.29 is 9.47 Å². The summed E-state index contributed by atoms with van der Waals surface area (Å²) in [6.45, 7) is 10.4. The molecule has 1 fully saturated rings. The highest BCUT2D eigenvalue weighted by Gasteiger charge is 2.17. The van der Waals surface area contributed by atoms with Gasteiger partial charge < -0.3 is 14.8 Å². The quantitative estimate of drug-likeness (QED) is 0.755. The molecule has 1 unspecified atom stereocenters. The summed E-state index contributed by atoms with van der Waals surface area (Å²) in [7, 11) is 1.67. The average Bonchev–Trinajstić information content (AvgIpc) is 2.45. The molecule has 6 heteroatoms. The van der Waals surface area contributed by atoms with Crippen molar-refractivity contribution in [2.45, 2.75) is 19.5 Å². The minimum Gasteiger partial charge on any atom is -0.493 e. The zero-order chi connectivity index (χ0) is 15.2. The normalized spacial score (nSPS) is 18.4. The summed E-state index contributed by atoms with van der Waals surface area (Å²) < 4.78 is 12.0. The lowest BCUT2D eigenvalue weighted by atomic mass is 10.1.